The van der Waals surface area contributed by atoms with E-state index in [1.807, 2.05) is 0 Å². The van der Waals surface area contributed by atoms with Gasteiger partial charge in [0.05, 0.1) is 0 Å². The minimum atomic E-state index is -4.32. The summed E-state index contributed by atoms with van der Waals surface area (Å²) in [5.41, 5.74) is 5.41. The summed E-state index contributed by atoms with van der Waals surface area (Å²) < 4.78 is 66.4. The van der Waals surface area contributed by atoms with Crippen LogP contribution in [0, 0.1) is 17.5 Å². The molecular weight excluding hydrogens is 305 g/mol. The van der Waals surface area contributed by atoms with Gasteiger partial charge < -0.3 is 5.73 Å². The highest BCUT2D eigenvalue weighted by molar-refractivity contribution is 7.89. The van der Waals surface area contributed by atoms with Crippen LogP contribution in [0.5, 0.6) is 0 Å². The Morgan fingerprint density at radius 2 is 1.86 bits per heavy atom. The van der Waals surface area contributed by atoms with Crippen molar-refractivity contribution >= 4 is 10.0 Å². The molecule has 0 saturated carbocycles. The molecule has 1 aliphatic heterocycles. The highest BCUT2D eigenvalue weighted by Crippen LogP contribution is 2.31. The Morgan fingerprint density at radius 1 is 1.24 bits per heavy atom. The zero-order chi connectivity index (χ0) is 15.6. The highest BCUT2D eigenvalue weighted by atomic mass is 32.2. The van der Waals surface area contributed by atoms with Crippen LogP contribution in [0.25, 0.3) is 0 Å². The van der Waals surface area contributed by atoms with Gasteiger partial charge in [-0.2, -0.15) is 4.31 Å². The average molecular weight is 322 g/mol. The Bertz CT molecular complexity index is 599. The molecule has 1 saturated heterocycles. The number of rotatable bonds is 5. The molecule has 1 aromatic rings. The first-order chi connectivity index (χ1) is 9.87. The Hall–Kier alpha value is -1.12. The third-order valence-electron chi connectivity index (χ3n) is 3.59. The normalized spacial score (nSPS) is 20.1. The van der Waals surface area contributed by atoms with Crippen LogP contribution < -0.4 is 5.73 Å². The molecule has 21 heavy (non-hydrogen) atoms. The van der Waals surface area contributed by atoms with Crippen LogP contribution in [0.15, 0.2) is 17.0 Å². The lowest BCUT2D eigenvalue weighted by molar-refractivity contribution is 0.360. The lowest BCUT2D eigenvalue weighted by atomic mass is 10.1. The van der Waals surface area contributed by atoms with Crippen LogP contribution in [0.3, 0.4) is 0 Å². The molecule has 0 spiro atoms. The number of hydrogen-bond acceptors (Lipinski definition) is 3. The first kappa shape index (κ1) is 16.3. The topological polar surface area (TPSA) is 63.4 Å². The molecule has 118 valence electrons. The predicted molar refractivity (Wildman–Crippen MR) is 71.5 cm³/mol. The van der Waals surface area contributed by atoms with Crippen molar-refractivity contribution in [1.29, 1.82) is 0 Å². The third-order valence-corrected chi connectivity index (χ3v) is 5.60. The fourth-order valence-corrected chi connectivity index (χ4v) is 4.48. The molecule has 1 unspecified atom stereocenters. The van der Waals surface area contributed by atoms with Crippen molar-refractivity contribution in [3.63, 3.8) is 0 Å². The summed E-state index contributed by atoms with van der Waals surface area (Å²) in [5.74, 6) is -3.96. The molecular formula is C13H17F3N2O2S. The molecule has 1 aromatic carbocycles. The smallest absolute Gasteiger partial charge is 0.249 e. The van der Waals surface area contributed by atoms with Crippen molar-refractivity contribution in [3.8, 4) is 0 Å². The van der Waals surface area contributed by atoms with Gasteiger partial charge in [0.15, 0.2) is 4.90 Å². The quantitative estimate of drug-likeness (QED) is 0.902. The van der Waals surface area contributed by atoms with E-state index in [4.69, 9.17) is 5.73 Å². The third kappa shape index (κ3) is 3.22. The number of sulfonamides is 1. The van der Waals surface area contributed by atoms with Crippen LogP contribution in [0.4, 0.5) is 13.2 Å². The van der Waals surface area contributed by atoms with E-state index in [9.17, 15) is 21.6 Å². The lowest BCUT2D eigenvalue weighted by Crippen LogP contribution is -2.36. The number of nitrogens with two attached hydrogens (primary N) is 1. The van der Waals surface area contributed by atoms with E-state index in [2.05, 4.69) is 0 Å². The van der Waals surface area contributed by atoms with E-state index in [1.54, 1.807) is 0 Å². The molecule has 2 N–H and O–H groups in total. The molecule has 1 fully saturated rings. The molecule has 0 aliphatic carbocycles. The van der Waals surface area contributed by atoms with E-state index < -0.39 is 32.4 Å². The Balaban J connectivity index is 2.38. The minimum absolute atomic E-state index is 0.202. The predicted octanol–water partition coefficient (Wildman–Crippen LogP) is 2.00. The minimum Gasteiger partial charge on any atom is -0.330 e. The molecule has 1 atom stereocenters. The van der Waals surface area contributed by atoms with Gasteiger partial charge in [-0.25, -0.2) is 21.6 Å². The van der Waals surface area contributed by atoms with Gasteiger partial charge in [0, 0.05) is 24.7 Å². The summed E-state index contributed by atoms with van der Waals surface area (Å²) in [6.45, 7) is 0.623. The second kappa shape index (κ2) is 6.33. The lowest BCUT2D eigenvalue weighted by Gasteiger charge is -2.24. The molecule has 0 bridgehead atoms. The number of nitrogens with zero attached hydrogens (tertiary/aromatic N) is 1. The molecule has 0 aromatic heterocycles. The van der Waals surface area contributed by atoms with Gasteiger partial charge in [-0.3, -0.25) is 0 Å². The SMILES string of the molecule is NCCCC1CCCN1S(=O)(=O)c1c(F)cc(F)cc1F. The molecule has 2 rings (SSSR count). The number of benzene rings is 1. The standard InChI is InChI=1S/C13H17F3N2O2S/c14-9-7-11(15)13(12(16)8-9)21(19,20)18-6-2-4-10(18)3-1-5-17/h7-8,10H,1-6,17H2. The maximum absolute atomic E-state index is 13.7. The fraction of sp³-hybridized carbons (Fsp3) is 0.538. The summed E-state index contributed by atoms with van der Waals surface area (Å²) in [6.07, 6.45) is 2.42. The van der Waals surface area contributed by atoms with Crippen LogP contribution in [-0.4, -0.2) is 31.9 Å². The van der Waals surface area contributed by atoms with Gasteiger partial charge in [0.25, 0.3) is 0 Å². The van der Waals surface area contributed by atoms with Crippen molar-refractivity contribution in [2.75, 3.05) is 13.1 Å². The summed E-state index contributed by atoms with van der Waals surface area (Å²) in [4.78, 5) is -1.08. The summed E-state index contributed by atoms with van der Waals surface area (Å²) >= 11 is 0. The molecule has 0 radical (unpaired) electrons. The summed E-state index contributed by atoms with van der Waals surface area (Å²) in [5, 5.41) is 0. The van der Waals surface area contributed by atoms with Gasteiger partial charge in [-0.1, -0.05) is 0 Å². The first-order valence-electron chi connectivity index (χ1n) is 6.74. The van der Waals surface area contributed by atoms with Gasteiger partial charge in [0.1, 0.15) is 17.5 Å². The van der Waals surface area contributed by atoms with E-state index in [-0.39, 0.29) is 12.6 Å². The monoisotopic (exact) mass is 322 g/mol. The largest absolute Gasteiger partial charge is 0.330 e. The van der Waals surface area contributed by atoms with Crippen LogP contribution in [0.1, 0.15) is 25.7 Å². The van der Waals surface area contributed by atoms with Crippen molar-refractivity contribution in [2.24, 2.45) is 5.73 Å². The maximum atomic E-state index is 13.7. The van der Waals surface area contributed by atoms with Crippen molar-refractivity contribution < 1.29 is 21.6 Å². The van der Waals surface area contributed by atoms with Crippen molar-refractivity contribution in [3.05, 3.63) is 29.6 Å². The van der Waals surface area contributed by atoms with Crippen LogP contribution in [0.2, 0.25) is 0 Å². The summed E-state index contributed by atoms with van der Waals surface area (Å²) in [6, 6.07) is 0.435. The second-order valence-corrected chi connectivity index (χ2v) is 6.87. The number of halogens is 3. The van der Waals surface area contributed by atoms with Crippen LogP contribution in [-0.2, 0) is 10.0 Å². The van der Waals surface area contributed by atoms with E-state index in [1.165, 1.54) is 0 Å². The van der Waals surface area contributed by atoms with Gasteiger partial charge >= 0.3 is 0 Å². The van der Waals surface area contributed by atoms with Gasteiger partial charge in [-0.05, 0) is 32.2 Å². The number of hydrogen-bond donors (Lipinski definition) is 1. The zero-order valence-corrected chi connectivity index (χ0v) is 12.2. The molecule has 1 aliphatic rings. The van der Waals surface area contributed by atoms with Crippen molar-refractivity contribution in [1.82, 2.24) is 4.31 Å². The summed E-state index contributed by atoms with van der Waals surface area (Å²) in [7, 11) is -4.32. The van der Waals surface area contributed by atoms with E-state index in [0.29, 0.717) is 44.4 Å². The fourth-order valence-electron chi connectivity index (χ4n) is 2.66. The van der Waals surface area contributed by atoms with Crippen LogP contribution >= 0.6 is 0 Å². The maximum Gasteiger partial charge on any atom is 0.249 e. The Labute approximate surface area is 121 Å². The van der Waals surface area contributed by atoms with E-state index in [0.717, 1.165) is 4.31 Å². The zero-order valence-electron chi connectivity index (χ0n) is 11.4. The molecule has 4 nitrogen and oxygen atoms in total. The molecule has 1 heterocycles. The second-order valence-electron chi connectivity index (χ2n) is 5.04. The molecule has 0 amide bonds. The van der Waals surface area contributed by atoms with Crippen molar-refractivity contribution in [2.45, 2.75) is 36.6 Å². The first-order valence-corrected chi connectivity index (χ1v) is 8.18. The average Bonchev–Trinajstić information content (AvgIpc) is 2.83. The van der Waals surface area contributed by atoms with Gasteiger partial charge in [-0.15, -0.1) is 0 Å². The highest BCUT2D eigenvalue weighted by Gasteiger charge is 2.38. The van der Waals surface area contributed by atoms with E-state index >= 15 is 0 Å². The Morgan fingerprint density at radius 3 is 2.43 bits per heavy atom. The molecule has 8 heteroatoms. The van der Waals surface area contributed by atoms with Gasteiger partial charge in [0.2, 0.25) is 10.0 Å². The Kier molecular flexibility index (Phi) is 4.90.